The van der Waals surface area contributed by atoms with Gasteiger partial charge in [-0.2, -0.15) is 0 Å². The van der Waals surface area contributed by atoms with Gasteiger partial charge in [-0.05, 0) is 49.4 Å². The highest BCUT2D eigenvalue weighted by atomic mass is 32.1. The van der Waals surface area contributed by atoms with Gasteiger partial charge in [0.1, 0.15) is 10.8 Å². The zero-order chi connectivity index (χ0) is 21.3. The number of nitrogens with zero attached hydrogens (tertiary/aromatic N) is 1. The lowest BCUT2D eigenvalue weighted by Crippen LogP contribution is -2.17. The Balaban J connectivity index is 1.62. The smallest absolute Gasteiger partial charge is 0.292 e. The number of hydrogen-bond acceptors (Lipinski definition) is 6. The highest BCUT2D eigenvalue weighted by molar-refractivity contribution is 7.17. The Kier molecular flexibility index (Phi) is 5.37. The number of hydrogen-bond donors (Lipinski definition) is 2. The average Bonchev–Trinajstić information content (AvgIpc) is 3.27. The lowest BCUT2D eigenvalue weighted by Gasteiger charge is -2.05. The van der Waals surface area contributed by atoms with Crippen molar-refractivity contribution in [3.8, 4) is 11.3 Å². The van der Waals surface area contributed by atoms with Gasteiger partial charge in [0.05, 0.1) is 16.1 Å². The molecule has 0 saturated heterocycles. The second kappa shape index (κ2) is 8.11. The SMILES string of the molecule is NC(=O)c1c(NC(=O)c2ccc(-c3ccccc3[N+](=O)[O-])o2)sc2c1CCCCC2. The van der Waals surface area contributed by atoms with E-state index in [-0.39, 0.29) is 22.8 Å². The number of nitro groups is 1. The second-order valence-electron chi connectivity index (χ2n) is 7.03. The zero-order valence-electron chi connectivity index (χ0n) is 16.0. The standard InChI is InChI=1S/C21H19N3O5S/c22-19(25)18-13-7-2-1-3-9-17(13)30-21(18)23-20(26)16-11-10-15(29-16)12-6-4-5-8-14(12)24(27)28/h4-6,8,10-11H,1-3,7,9H2,(H2,22,25)(H,23,26). The Bertz CT molecular complexity index is 1150. The molecule has 2 amide bonds. The fourth-order valence-electron chi connectivity index (χ4n) is 3.70. The molecule has 0 fully saturated rings. The van der Waals surface area contributed by atoms with E-state index in [0.717, 1.165) is 42.5 Å². The summed E-state index contributed by atoms with van der Waals surface area (Å²) in [6.45, 7) is 0. The largest absolute Gasteiger partial charge is 0.451 e. The molecule has 154 valence electrons. The van der Waals surface area contributed by atoms with Crippen LogP contribution in [0.1, 0.15) is 50.6 Å². The molecule has 1 aromatic carbocycles. The Labute approximate surface area is 175 Å². The van der Waals surface area contributed by atoms with Crippen LogP contribution in [-0.4, -0.2) is 16.7 Å². The van der Waals surface area contributed by atoms with Crippen LogP contribution in [0.3, 0.4) is 0 Å². The number of aryl methyl sites for hydroxylation is 1. The molecule has 0 unspecified atom stereocenters. The number of thiophene rings is 1. The van der Waals surface area contributed by atoms with Crippen LogP contribution >= 0.6 is 11.3 Å². The summed E-state index contributed by atoms with van der Waals surface area (Å²) in [6.07, 6.45) is 4.74. The molecule has 3 N–H and O–H groups in total. The molecule has 8 nitrogen and oxygen atoms in total. The molecule has 0 bridgehead atoms. The number of furan rings is 1. The monoisotopic (exact) mass is 425 g/mol. The molecule has 1 aliphatic carbocycles. The van der Waals surface area contributed by atoms with Gasteiger partial charge in [-0.25, -0.2) is 0 Å². The second-order valence-corrected chi connectivity index (χ2v) is 8.13. The number of nitro benzene ring substituents is 1. The Morgan fingerprint density at radius 2 is 1.87 bits per heavy atom. The molecule has 0 radical (unpaired) electrons. The maximum atomic E-state index is 12.7. The number of nitrogens with two attached hydrogens (primary N) is 1. The Morgan fingerprint density at radius 1 is 1.10 bits per heavy atom. The van der Waals surface area contributed by atoms with Gasteiger partial charge in [0.15, 0.2) is 5.76 Å². The molecule has 0 atom stereocenters. The summed E-state index contributed by atoms with van der Waals surface area (Å²) in [6, 6.07) is 9.10. The van der Waals surface area contributed by atoms with Gasteiger partial charge >= 0.3 is 0 Å². The predicted octanol–water partition coefficient (Wildman–Crippen LogP) is 4.54. The molecule has 1 aliphatic rings. The van der Waals surface area contributed by atoms with Crippen LogP contribution in [0.15, 0.2) is 40.8 Å². The number of anilines is 1. The quantitative estimate of drug-likeness (QED) is 0.352. The molecule has 30 heavy (non-hydrogen) atoms. The van der Waals surface area contributed by atoms with Crippen LogP contribution in [0.2, 0.25) is 0 Å². The fraction of sp³-hybridized carbons (Fsp3) is 0.238. The number of fused-ring (bicyclic) bond motifs is 1. The van der Waals surface area contributed by atoms with Crippen molar-refractivity contribution >= 4 is 33.8 Å². The van der Waals surface area contributed by atoms with E-state index in [1.54, 1.807) is 18.2 Å². The van der Waals surface area contributed by atoms with Gasteiger partial charge in [-0.3, -0.25) is 19.7 Å². The number of carbonyl (C=O) groups is 2. The van der Waals surface area contributed by atoms with E-state index in [9.17, 15) is 19.7 Å². The summed E-state index contributed by atoms with van der Waals surface area (Å²) in [5.41, 5.74) is 7.07. The Morgan fingerprint density at radius 3 is 2.63 bits per heavy atom. The minimum atomic E-state index is -0.565. The minimum absolute atomic E-state index is 0.0119. The van der Waals surface area contributed by atoms with Crippen molar-refractivity contribution in [1.82, 2.24) is 0 Å². The number of benzene rings is 1. The lowest BCUT2D eigenvalue weighted by atomic mass is 10.1. The summed E-state index contributed by atoms with van der Waals surface area (Å²) in [5, 5.41) is 14.4. The van der Waals surface area contributed by atoms with Gasteiger partial charge in [0.2, 0.25) is 0 Å². The molecule has 4 rings (SSSR count). The van der Waals surface area contributed by atoms with Crippen LogP contribution in [-0.2, 0) is 12.8 Å². The minimum Gasteiger partial charge on any atom is -0.451 e. The average molecular weight is 425 g/mol. The van der Waals surface area contributed by atoms with E-state index in [1.807, 2.05) is 0 Å². The van der Waals surface area contributed by atoms with Gasteiger partial charge in [-0.1, -0.05) is 18.6 Å². The van der Waals surface area contributed by atoms with Crippen molar-refractivity contribution in [2.24, 2.45) is 5.73 Å². The van der Waals surface area contributed by atoms with E-state index in [2.05, 4.69) is 5.32 Å². The van der Waals surface area contributed by atoms with Crippen molar-refractivity contribution in [3.05, 3.63) is 68.3 Å². The summed E-state index contributed by atoms with van der Waals surface area (Å²) < 4.78 is 5.59. The number of carbonyl (C=O) groups excluding carboxylic acids is 2. The van der Waals surface area contributed by atoms with Crippen molar-refractivity contribution in [2.45, 2.75) is 32.1 Å². The Hall–Kier alpha value is -3.46. The number of rotatable bonds is 5. The van der Waals surface area contributed by atoms with Gasteiger partial charge < -0.3 is 15.5 Å². The fourth-order valence-corrected chi connectivity index (χ4v) is 4.99. The first-order valence-corrected chi connectivity index (χ1v) is 10.4. The molecular weight excluding hydrogens is 406 g/mol. The molecule has 2 aromatic heterocycles. The van der Waals surface area contributed by atoms with Crippen LogP contribution in [0.5, 0.6) is 0 Å². The number of para-hydroxylation sites is 1. The first-order chi connectivity index (χ1) is 14.5. The first-order valence-electron chi connectivity index (χ1n) is 9.55. The van der Waals surface area contributed by atoms with E-state index in [0.29, 0.717) is 10.6 Å². The molecule has 3 aromatic rings. The summed E-state index contributed by atoms with van der Waals surface area (Å²) >= 11 is 1.37. The number of primary amides is 1. The van der Waals surface area contributed by atoms with Crippen LogP contribution in [0.25, 0.3) is 11.3 Å². The normalized spacial score (nSPS) is 13.3. The third-order valence-corrected chi connectivity index (χ3v) is 6.30. The van der Waals surface area contributed by atoms with Gasteiger partial charge in [-0.15, -0.1) is 11.3 Å². The summed E-state index contributed by atoms with van der Waals surface area (Å²) in [4.78, 5) is 36.6. The van der Waals surface area contributed by atoms with Crippen LogP contribution < -0.4 is 11.1 Å². The van der Waals surface area contributed by atoms with Crippen molar-refractivity contribution < 1.29 is 18.9 Å². The predicted molar refractivity (Wildman–Crippen MR) is 113 cm³/mol. The molecule has 9 heteroatoms. The molecule has 2 heterocycles. The van der Waals surface area contributed by atoms with E-state index >= 15 is 0 Å². The van der Waals surface area contributed by atoms with Crippen LogP contribution in [0.4, 0.5) is 10.7 Å². The maximum absolute atomic E-state index is 12.7. The molecule has 0 aliphatic heterocycles. The van der Waals surface area contributed by atoms with Gasteiger partial charge in [0.25, 0.3) is 17.5 Å². The third kappa shape index (κ3) is 3.71. The van der Waals surface area contributed by atoms with Crippen molar-refractivity contribution in [1.29, 1.82) is 0 Å². The van der Waals surface area contributed by atoms with Crippen molar-refractivity contribution in [3.63, 3.8) is 0 Å². The van der Waals surface area contributed by atoms with Crippen LogP contribution in [0, 0.1) is 10.1 Å². The highest BCUT2D eigenvalue weighted by Gasteiger charge is 2.26. The van der Waals surface area contributed by atoms with Crippen molar-refractivity contribution in [2.75, 3.05) is 5.32 Å². The zero-order valence-corrected chi connectivity index (χ0v) is 16.8. The summed E-state index contributed by atoms with van der Waals surface area (Å²) in [7, 11) is 0. The van der Waals surface area contributed by atoms with E-state index in [4.69, 9.17) is 10.2 Å². The van der Waals surface area contributed by atoms with E-state index < -0.39 is 16.7 Å². The maximum Gasteiger partial charge on any atom is 0.292 e. The number of amides is 2. The van der Waals surface area contributed by atoms with Gasteiger partial charge in [0, 0.05) is 10.9 Å². The topological polar surface area (TPSA) is 128 Å². The number of nitrogens with one attached hydrogen (secondary N) is 1. The highest BCUT2D eigenvalue weighted by Crippen LogP contribution is 2.38. The summed E-state index contributed by atoms with van der Waals surface area (Å²) in [5.74, 6) is -0.907. The lowest BCUT2D eigenvalue weighted by molar-refractivity contribution is -0.384. The first kappa shape index (κ1) is 19.8. The van der Waals surface area contributed by atoms with E-state index in [1.165, 1.54) is 29.5 Å². The molecule has 0 spiro atoms. The molecule has 0 saturated carbocycles. The third-order valence-electron chi connectivity index (χ3n) is 5.09. The molecular formula is C21H19N3O5S.